The molecule has 2 aromatic carbocycles. The van der Waals surface area contributed by atoms with Crippen LogP contribution in [0.2, 0.25) is 0 Å². The van der Waals surface area contributed by atoms with Gasteiger partial charge in [-0.2, -0.15) is 0 Å². The number of benzene rings is 2. The van der Waals surface area contributed by atoms with Gasteiger partial charge in [0.05, 0.1) is 17.1 Å². The summed E-state index contributed by atoms with van der Waals surface area (Å²) in [6.45, 7) is 2.01. The number of aryl methyl sites for hydroxylation is 1. The maximum Gasteiger partial charge on any atom is 0.141 e. The van der Waals surface area contributed by atoms with Crippen molar-refractivity contribution in [1.29, 1.82) is 0 Å². The van der Waals surface area contributed by atoms with E-state index >= 15 is 0 Å². The molecule has 0 heterocycles. The quantitative estimate of drug-likeness (QED) is 0.838. The number of hydrogen-bond acceptors (Lipinski definition) is 3. The molecule has 2 aromatic rings. The number of halogens is 1. The molecule has 0 spiro atoms. The van der Waals surface area contributed by atoms with Gasteiger partial charge in [0.2, 0.25) is 0 Å². The molecule has 0 unspecified atom stereocenters. The SMILES string of the molecule is COc1ccc(C(N)=S)c(Oc2ccc(C)cc2Br)c1. The highest BCUT2D eigenvalue weighted by atomic mass is 79.9. The van der Waals surface area contributed by atoms with Crippen LogP contribution in [-0.4, -0.2) is 12.1 Å². The normalized spacial score (nSPS) is 10.2. The summed E-state index contributed by atoms with van der Waals surface area (Å²) in [6.07, 6.45) is 0. The summed E-state index contributed by atoms with van der Waals surface area (Å²) >= 11 is 8.53. The summed E-state index contributed by atoms with van der Waals surface area (Å²) in [5.74, 6) is 1.95. The Labute approximate surface area is 131 Å². The van der Waals surface area contributed by atoms with Crippen molar-refractivity contribution in [2.24, 2.45) is 5.73 Å². The Bertz CT molecular complexity index is 658. The van der Waals surface area contributed by atoms with Crippen molar-refractivity contribution >= 4 is 33.1 Å². The highest BCUT2D eigenvalue weighted by Gasteiger charge is 2.11. The molecule has 0 aliphatic heterocycles. The fraction of sp³-hybridized carbons (Fsp3) is 0.133. The topological polar surface area (TPSA) is 44.5 Å². The second-order valence-corrected chi connectivity index (χ2v) is 5.56. The number of thiocarbonyl (C=S) groups is 1. The minimum absolute atomic E-state index is 0.283. The van der Waals surface area contributed by atoms with Crippen LogP contribution >= 0.6 is 28.1 Å². The zero-order chi connectivity index (χ0) is 14.7. The third-order valence-corrected chi connectivity index (χ3v) is 3.60. The Hall–Kier alpha value is -1.59. The zero-order valence-corrected chi connectivity index (χ0v) is 13.5. The highest BCUT2D eigenvalue weighted by Crippen LogP contribution is 2.34. The molecular formula is C15H14BrNO2S. The van der Waals surface area contributed by atoms with E-state index in [1.165, 1.54) is 0 Å². The van der Waals surface area contributed by atoms with Crippen molar-refractivity contribution in [3.63, 3.8) is 0 Å². The predicted octanol–water partition coefficient (Wildman–Crippen LogP) is 4.19. The van der Waals surface area contributed by atoms with Gasteiger partial charge in [0, 0.05) is 6.07 Å². The van der Waals surface area contributed by atoms with E-state index in [0.29, 0.717) is 22.8 Å². The Balaban J connectivity index is 2.43. The lowest BCUT2D eigenvalue weighted by atomic mass is 10.2. The molecule has 0 aliphatic carbocycles. The number of ether oxygens (including phenoxy) is 2. The molecule has 0 aromatic heterocycles. The highest BCUT2D eigenvalue weighted by molar-refractivity contribution is 9.10. The monoisotopic (exact) mass is 351 g/mol. The molecule has 0 saturated carbocycles. The average Bonchev–Trinajstić information content (AvgIpc) is 2.41. The van der Waals surface area contributed by atoms with Gasteiger partial charge in [-0.3, -0.25) is 0 Å². The first-order chi connectivity index (χ1) is 9.51. The molecule has 5 heteroatoms. The Morgan fingerprint density at radius 2 is 1.90 bits per heavy atom. The molecule has 0 fully saturated rings. The van der Waals surface area contributed by atoms with E-state index < -0.39 is 0 Å². The average molecular weight is 352 g/mol. The lowest BCUT2D eigenvalue weighted by Crippen LogP contribution is -2.10. The molecule has 3 nitrogen and oxygen atoms in total. The maximum absolute atomic E-state index is 5.90. The summed E-state index contributed by atoms with van der Waals surface area (Å²) in [5.41, 5.74) is 7.54. The molecule has 104 valence electrons. The van der Waals surface area contributed by atoms with Crippen LogP contribution in [0.3, 0.4) is 0 Å². The lowest BCUT2D eigenvalue weighted by Gasteiger charge is -2.13. The third-order valence-electron chi connectivity index (χ3n) is 2.76. The van der Waals surface area contributed by atoms with Crippen LogP contribution in [0.1, 0.15) is 11.1 Å². The second-order valence-electron chi connectivity index (χ2n) is 4.26. The Morgan fingerprint density at radius 3 is 2.50 bits per heavy atom. The second kappa shape index (κ2) is 6.24. The van der Waals surface area contributed by atoms with Gasteiger partial charge in [-0.25, -0.2) is 0 Å². The molecule has 0 amide bonds. The van der Waals surface area contributed by atoms with Gasteiger partial charge in [0.15, 0.2) is 0 Å². The molecule has 2 N–H and O–H groups in total. The van der Waals surface area contributed by atoms with Crippen molar-refractivity contribution in [3.05, 3.63) is 52.0 Å². The minimum atomic E-state index is 0.283. The number of methoxy groups -OCH3 is 1. The molecule has 0 radical (unpaired) electrons. The van der Waals surface area contributed by atoms with E-state index in [0.717, 1.165) is 10.0 Å². The van der Waals surface area contributed by atoms with Crippen molar-refractivity contribution < 1.29 is 9.47 Å². The van der Waals surface area contributed by atoms with E-state index in [9.17, 15) is 0 Å². The minimum Gasteiger partial charge on any atom is -0.497 e. The van der Waals surface area contributed by atoms with Crippen LogP contribution in [0.4, 0.5) is 0 Å². The van der Waals surface area contributed by atoms with Crippen molar-refractivity contribution in [1.82, 2.24) is 0 Å². The lowest BCUT2D eigenvalue weighted by molar-refractivity contribution is 0.408. The number of nitrogens with two attached hydrogens (primary N) is 1. The van der Waals surface area contributed by atoms with Crippen LogP contribution < -0.4 is 15.2 Å². The van der Waals surface area contributed by atoms with E-state index in [-0.39, 0.29) is 4.99 Å². The van der Waals surface area contributed by atoms with E-state index in [1.807, 2.05) is 25.1 Å². The van der Waals surface area contributed by atoms with Gasteiger partial charge in [-0.1, -0.05) is 18.3 Å². The Kier molecular flexibility index (Phi) is 4.62. The smallest absolute Gasteiger partial charge is 0.141 e. The number of hydrogen-bond donors (Lipinski definition) is 1. The summed E-state index contributed by atoms with van der Waals surface area (Å²) < 4.78 is 12.0. The zero-order valence-electron chi connectivity index (χ0n) is 11.1. The molecular weight excluding hydrogens is 338 g/mol. The summed E-state index contributed by atoms with van der Waals surface area (Å²) in [5, 5.41) is 0. The van der Waals surface area contributed by atoms with Crippen LogP contribution in [0.5, 0.6) is 17.2 Å². The number of rotatable bonds is 4. The molecule has 0 atom stereocenters. The van der Waals surface area contributed by atoms with Crippen LogP contribution in [0.25, 0.3) is 0 Å². The summed E-state index contributed by atoms with van der Waals surface area (Å²) in [7, 11) is 1.60. The first-order valence-corrected chi connectivity index (χ1v) is 7.13. The standard InChI is InChI=1S/C15H14BrNO2S/c1-9-3-6-13(12(16)7-9)19-14-8-10(18-2)4-5-11(14)15(17)20/h3-8H,1-2H3,(H2,17,20). The van der Waals surface area contributed by atoms with Gasteiger partial charge in [-0.15, -0.1) is 0 Å². The van der Waals surface area contributed by atoms with Gasteiger partial charge < -0.3 is 15.2 Å². The fourth-order valence-corrected chi connectivity index (χ4v) is 2.47. The van der Waals surface area contributed by atoms with Crippen LogP contribution in [0.15, 0.2) is 40.9 Å². The van der Waals surface area contributed by atoms with Gasteiger partial charge >= 0.3 is 0 Å². The maximum atomic E-state index is 5.90. The van der Waals surface area contributed by atoms with Crippen molar-refractivity contribution in [2.75, 3.05) is 7.11 Å². The molecule has 0 saturated heterocycles. The van der Waals surface area contributed by atoms with E-state index in [1.54, 1.807) is 25.3 Å². The molecule has 20 heavy (non-hydrogen) atoms. The summed E-state index contributed by atoms with van der Waals surface area (Å²) in [4.78, 5) is 0.283. The van der Waals surface area contributed by atoms with Crippen LogP contribution in [-0.2, 0) is 0 Å². The first-order valence-electron chi connectivity index (χ1n) is 5.93. The molecule has 0 bridgehead atoms. The Morgan fingerprint density at radius 1 is 1.15 bits per heavy atom. The van der Waals surface area contributed by atoms with E-state index in [4.69, 9.17) is 27.4 Å². The van der Waals surface area contributed by atoms with Crippen molar-refractivity contribution in [3.8, 4) is 17.2 Å². The van der Waals surface area contributed by atoms with Gasteiger partial charge in [0.1, 0.15) is 22.2 Å². The third kappa shape index (κ3) is 3.29. The van der Waals surface area contributed by atoms with E-state index in [2.05, 4.69) is 15.9 Å². The van der Waals surface area contributed by atoms with Crippen LogP contribution in [0, 0.1) is 6.92 Å². The van der Waals surface area contributed by atoms with Crippen molar-refractivity contribution in [2.45, 2.75) is 6.92 Å². The van der Waals surface area contributed by atoms with Gasteiger partial charge in [-0.05, 0) is 52.7 Å². The molecule has 0 aliphatic rings. The van der Waals surface area contributed by atoms with Gasteiger partial charge in [0.25, 0.3) is 0 Å². The predicted molar refractivity (Wildman–Crippen MR) is 87.8 cm³/mol. The molecule has 2 rings (SSSR count). The largest absolute Gasteiger partial charge is 0.497 e. The summed E-state index contributed by atoms with van der Waals surface area (Å²) in [6, 6.07) is 11.2. The first kappa shape index (κ1) is 14.8. The fourth-order valence-electron chi connectivity index (χ4n) is 1.72.